The largest absolute Gasteiger partial charge is 0.290 e. The van der Waals surface area contributed by atoms with E-state index >= 15 is 0 Å². The highest BCUT2D eigenvalue weighted by Gasteiger charge is 2.34. The molecule has 0 radical (unpaired) electrons. The molecule has 2 amide bonds. The van der Waals surface area contributed by atoms with E-state index in [9.17, 15) is 9.59 Å². The van der Waals surface area contributed by atoms with Gasteiger partial charge in [0.2, 0.25) is 0 Å². The van der Waals surface area contributed by atoms with Gasteiger partial charge in [-0.25, -0.2) is 5.01 Å². The van der Waals surface area contributed by atoms with Gasteiger partial charge < -0.3 is 0 Å². The van der Waals surface area contributed by atoms with Crippen LogP contribution in [0.25, 0.3) is 10.1 Å². The number of aromatic nitrogens is 1. The van der Waals surface area contributed by atoms with Crippen molar-refractivity contribution in [1.29, 1.82) is 0 Å². The molecule has 2 aromatic carbocycles. The molecule has 1 aliphatic rings. The minimum absolute atomic E-state index is 0.110. The Morgan fingerprint density at radius 3 is 2.71 bits per heavy atom. The molecule has 0 spiro atoms. The minimum atomic E-state index is -0.357. The Balaban J connectivity index is 1.61. The van der Waals surface area contributed by atoms with Crippen molar-refractivity contribution >= 4 is 45.2 Å². The molecule has 120 valence electrons. The van der Waals surface area contributed by atoms with E-state index in [1.807, 2.05) is 54.6 Å². The van der Waals surface area contributed by atoms with Crippen LogP contribution in [0.4, 0.5) is 0 Å². The lowest BCUT2D eigenvalue weighted by atomic mass is 10.2. The molecule has 0 aliphatic carbocycles. The molecular weight excluding hydrogens is 342 g/mol. The molecule has 1 aliphatic heterocycles. The monoisotopic (exact) mass is 355 g/mol. The zero-order valence-corrected chi connectivity index (χ0v) is 14.1. The summed E-state index contributed by atoms with van der Waals surface area (Å²) in [5, 5.41) is 2.00. The van der Waals surface area contributed by atoms with Gasteiger partial charge in [0.05, 0.1) is 10.5 Å². The van der Waals surface area contributed by atoms with E-state index in [1.165, 1.54) is 28.3 Å². The van der Waals surface area contributed by atoms with Crippen LogP contribution in [0.3, 0.4) is 0 Å². The summed E-state index contributed by atoms with van der Waals surface area (Å²) in [5.74, 6) is -0.122. The average molecular weight is 355 g/mol. The van der Waals surface area contributed by atoms with Gasteiger partial charge in [-0.05, 0) is 23.2 Å². The smallest absolute Gasteiger partial charge is 0.272 e. The van der Waals surface area contributed by atoms with Crippen LogP contribution in [0.5, 0.6) is 0 Å². The van der Waals surface area contributed by atoms with Crippen molar-refractivity contribution in [2.24, 2.45) is 0 Å². The molecule has 1 atom stereocenters. The number of thioether (sulfide) groups is 1. The summed E-state index contributed by atoms with van der Waals surface area (Å²) in [5.41, 5.74) is 4.08. The Labute approximate surface area is 146 Å². The Bertz CT molecular complexity index is 910. The maximum absolute atomic E-state index is 12.6. The van der Waals surface area contributed by atoms with Crippen LogP contribution in [0.15, 0.2) is 54.6 Å². The molecule has 24 heavy (non-hydrogen) atoms. The van der Waals surface area contributed by atoms with E-state index in [1.54, 1.807) is 0 Å². The Kier molecular flexibility index (Phi) is 3.95. The van der Waals surface area contributed by atoms with E-state index in [-0.39, 0.29) is 17.2 Å². The highest BCUT2D eigenvalue weighted by Crippen LogP contribution is 2.37. The molecule has 0 bridgehead atoms. The predicted octanol–water partition coefficient (Wildman–Crippen LogP) is 3.22. The third kappa shape index (κ3) is 2.65. The van der Waals surface area contributed by atoms with Crippen LogP contribution in [-0.4, -0.2) is 26.9 Å². The van der Waals surface area contributed by atoms with Crippen molar-refractivity contribution in [3.63, 3.8) is 0 Å². The number of nitrogens with zero attached hydrogens (tertiary/aromatic N) is 2. The van der Waals surface area contributed by atoms with E-state index in [0.717, 1.165) is 15.6 Å². The first-order chi connectivity index (χ1) is 11.7. The summed E-state index contributed by atoms with van der Waals surface area (Å²) in [7, 11) is 0. The summed E-state index contributed by atoms with van der Waals surface area (Å²) < 4.78 is 5.19. The molecule has 1 N–H and O–H groups in total. The van der Waals surface area contributed by atoms with Crippen molar-refractivity contribution in [2.45, 2.75) is 5.37 Å². The number of rotatable bonds is 3. The number of amides is 2. The van der Waals surface area contributed by atoms with Crippen LogP contribution in [0, 0.1) is 0 Å². The van der Waals surface area contributed by atoms with Gasteiger partial charge in [-0.2, -0.15) is 4.37 Å². The van der Waals surface area contributed by atoms with E-state index in [0.29, 0.717) is 11.4 Å². The summed E-state index contributed by atoms with van der Waals surface area (Å²) in [6.07, 6.45) is 0. The maximum Gasteiger partial charge on any atom is 0.290 e. The van der Waals surface area contributed by atoms with Crippen LogP contribution in [0.2, 0.25) is 0 Å². The van der Waals surface area contributed by atoms with Crippen molar-refractivity contribution in [1.82, 2.24) is 14.8 Å². The highest BCUT2D eigenvalue weighted by molar-refractivity contribution is 8.00. The fraction of sp³-hybridized carbons (Fsp3) is 0.118. The summed E-state index contributed by atoms with van der Waals surface area (Å²) in [4.78, 5) is 24.8. The molecule has 1 unspecified atom stereocenters. The molecule has 2 heterocycles. The van der Waals surface area contributed by atoms with E-state index in [2.05, 4.69) is 9.80 Å². The van der Waals surface area contributed by atoms with E-state index < -0.39 is 0 Å². The van der Waals surface area contributed by atoms with E-state index in [4.69, 9.17) is 0 Å². The standard InChI is InChI=1S/C17H13N3O2S2/c21-14-10-23-17(11-6-2-1-3-7-11)20(14)18-16(22)15-12-8-4-5-9-13(12)24-19-15/h1-9,17H,10H2,(H,18,22). The quantitative estimate of drug-likeness (QED) is 0.784. The van der Waals surface area contributed by atoms with Gasteiger partial charge in [0.1, 0.15) is 5.37 Å². The van der Waals surface area contributed by atoms with Gasteiger partial charge in [-0.15, -0.1) is 11.8 Å². The number of hydrogen-bond donors (Lipinski definition) is 1. The number of benzene rings is 2. The van der Waals surface area contributed by atoms with Gasteiger partial charge in [0, 0.05) is 5.39 Å². The first kappa shape index (κ1) is 15.2. The molecule has 7 heteroatoms. The molecular formula is C17H13N3O2S2. The zero-order valence-electron chi connectivity index (χ0n) is 12.5. The highest BCUT2D eigenvalue weighted by atomic mass is 32.2. The van der Waals surface area contributed by atoms with Crippen molar-refractivity contribution < 1.29 is 9.59 Å². The number of carbonyl (C=O) groups is 2. The maximum atomic E-state index is 12.6. The van der Waals surface area contributed by atoms with Crippen LogP contribution in [0.1, 0.15) is 21.4 Å². The molecule has 5 nitrogen and oxygen atoms in total. The molecule has 1 fully saturated rings. The van der Waals surface area contributed by atoms with Gasteiger partial charge >= 0.3 is 0 Å². The fourth-order valence-corrected chi connectivity index (χ4v) is 4.50. The normalized spacial score (nSPS) is 17.4. The Hall–Kier alpha value is -2.38. The second-order valence-corrected chi connectivity index (χ2v) is 7.18. The topological polar surface area (TPSA) is 62.3 Å². The SMILES string of the molecule is O=C(NN1C(=O)CSC1c1ccccc1)c1nsc2ccccc12. The second-order valence-electron chi connectivity index (χ2n) is 5.31. The van der Waals surface area contributed by atoms with Crippen LogP contribution in [-0.2, 0) is 4.79 Å². The second kappa shape index (κ2) is 6.26. The molecule has 4 rings (SSSR count). The Morgan fingerprint density at radius 1 is 1.12 bits per heavy atom. The number of fused-ring (bicyclic) bond motifs is 1. The van der Waals surface area contributed by atoms with Crippen molar-refractivity contribution in [3.05, 3.63) is 65.9 Å². The lowest BCUT2D eigenvalue weighted by Gasteiger charge is -2.24. The molecule has 1 aromatic heterocycles. The van der Waals surface area contributed by atoms with Gasteiger partial charge in [0.15, 0.2) is 5.69 Å². The lowest BCUT2D eigenvalue weighted by Crippen LogP contribution is -2.44. The van der Waals surface area contributed by atoms with Crippen molar-refractivity contribution in [2.75, 3.05) is 5.75 Å². The first-order valence-electron chi connectivity index (χ1n) is 7.38. The average Bonchev–Trinajstić information content (AvgIpc) is 3.20. The number of nitrogens with one attached hydrogen (secondary N) is 1. The number of hydrogen-bond acceptors (Lipinski definition) is 5. The number of carbonyl (C=O) groups excluding carboxylic acids is 2. The molecule has 1 saturated heterocycles. The third-order valence-corrected chi connectivity index (χ3v) is 5.81. The third-order valence-electron chi connectivity index (χ3n) is 3.77. The minimum Gasteiger partial charge on any atom is -0.272 e. The summed E-state index contributed by atoms with van der Waals surface area (Å²) in [6, 6.07) is 17.2. The zero-order chi connectivity index (χ0) is 16.5. The lowest BCUT2D eigenvalue weighted by molar-refractivity contribution is -0.130. The fourth-order valence-electron chi connectivity index (χ4n) is 2.62. The first-order valence-corrected chi connectivity index (χ1v) is 9.20. The van der Waals surface area contributed by atoms with Crippen molar-refractivity contribution in [3.8, 4) is 0 Å². The predicted molar refractivity (Wildman–Crippen MR) is 95.6 cm³/mol. The van der Waals surface area contributed by atoms with Gasteiger partial charge in [-0.1, -0.05) is 48.5 Å². The molecule has 3 aromatic rings. The van der Waals surface area contributed by atoms with Gasteiger partial charge in [0.25, 0.3) is 11.8 Å². The summed E-state index contributed by atoms with van der Waals surface area (Å²) in [6.45, 7) is 0. The van der Waals surface area contributed by atoms with Crippen LogP contribution >= 0.6 is 23.3 Å². The Morgan fingerprint density at radius 2 is 1.88 bits per heavy atom. The van der Waals surface area contributed by atoms with Crippen LogP contribution < -0.4 is 5.43 Å². The molecule has 0 saturated carbocycles. The summed E-state index contributed by atoms with van der Waals surface area (Å²) >= 11 is 2.78. The van der Waals surface area contributed by atoms with Gasteiger partial charge in [-0.3, -0.25) is 15.0 Å². The number of hydrazine groups is 1.